The predicted octanol–water partition coefficient (Wildman–Crippen LogP) is 1.16. The van der Waals surface area contributed by atoms with Crippen LogP contribution in [0.2, 0.25) is 0 Å². The Labute approximate surface area is 197 Å². The number of hydrogen-bond acceptors (Lipinski definition) is 10. The number of H-pyrrole nitrogens is 1. The first-order valence-electron chi connectivity index (χ1n) is 10.9. The first-order chi connectivity index (χ1) is 16.1. The van der Waals surface area contributed by atoms with Gasteiger partial charge in [-0.25, -0.2) is 16.8 Å². The van der Waals surface area contributed by atoms with Crippen LogP contribution in [-0.4, -0.2) is 86.0 Å². The molecule has 12 nitrogen and oxygen atoms in total. The molecule has 0 bridgehead atoms. The maximum atomic E-state index is 12.1. The third-order valence-corrected chi connectivity index (χ3v) is 8.15. The standard InChI is InChI=1S/C20H26N8O4S2/c1-33(29,30)19-16-17(21-13-3-4-13)23-20(24-18(16)25-26-19)22-14-5-7-15(8-6-14)27-9-11-28(12-10-27)34(2,31)32/h5-8,13H,3-4,9-12H2,1-2H3,(H3,21,22,23,24,25,26). The lowest BCUT2D eigenvalue weighted by atomic mass is 10.2. The Kier molecular flexibility index (Phi) is 5.61. The summed E-state index contributed by atoms with van der Waals surface area (Å²) in [5, 5.41) is 13.4. The molecule has 34 heavy (non-hydrogen) atoms. The summed E-state index contributed by atoms with van der Waals surface area (Å²) >= 11 is 0. The van der Waals surface area contributed by atoms with E-state index in [0.717, 1.165) is 30.5 Å². The number of nitrogens with zero attached hydrogens (tertiary/aromatic N) is 5. The van der Waals surface area contributed by atoms with Crippen molar-refractivity contribution in [2.75, 3.05) is 54.2 Å². The molecule has 0 amide bonds. The van der Waals surface area contributed by atoms with E-state index in [-0.39, 0.29) is 11.1 Å². The molecule has 1 saturated carbocycles. The molecule has 5 rings (SSSR count). The number of sulfonamides is 1. The van der Waals surface area contributed by atoms with Crippen LogP contribution >= 0.6 is 0 Å². The molecule has 0 unspecified atom stereocenters. The molecule has 182 valence electrons. The van der Waals surface area contributed by atoms with Gasteiger partial charge < -0.3 is 15.5 Å². The molecule has 0 spiro atoms. The van der Waals surface area contributed by atoms with Gasteiger partial charge in [-0.15, -0.1) is 0 Å². The van der Waals surface area contributed by atoms with Crippen molar-refractivity contribution in [1.29, 1.82) is 0 Å². The van der Waals surface area contributed by atoms with Gasteiger partial charge in [-0.05, 0) is 37.1 Å². The van der Waals surface area contributed by atoms with Gasteiger partial charge in [-0.2, -0.15) is 19.4 Å². The van der Waals surface area contributed by atoms with Crippen LogP contribution in [0.3, 0.4) is 0 Å². The summed E-state index contributed by atoms with van der Waals surface area (Å²) in [7, 11) is -6.71. The van der Waals surface area contributed by atoms with Gasteiger partial charge in [0, 0.05) is 49.9 Å². The summed E-state index contributed by atoms with van der Waals surface area (Å²) in [4.78, 5) is 11.1. The lowest BCUT2D eigenvalue weighted by Crippen LogP contribution is -2.48. The molecule has 2 fully saturated rings. The number of rotatable bonds is 7. The summed E-state index contributed by atoms with van der Waals surface area (Å²) in [6.45, 7) is 2.17. The molecule has 14 heteroatoms. The zero-order chi connectivity index (χ0) is 24.1. The van der Waals surface area contributed by atoms with E-state index >= 15 is 0 Å². The Bertz CT molecular complexity index is 1430. The maximum Gasteiger partial charge on any atom is 0.231 e. The van der Waals surface area contributed by atoms with Gasteiger partial charge in [-0.1, -0.05) is 0 Å². The van der Waals surface area contributed by atoms with Crippen LogP contribution in [0.1, 0.15) is 12.8 Å². The predicted molar refractivity (Wildman–Crippen MR) is 130 cm³/mol. The van der Waals surface area contributed by atoms with Gasteiger partial charge in [0.15, 0.2) is 20.5 Å². The highest BCUT2D eigenvalue weighted by Crippen LogP contribution is 2.32. The van der Waals surface area contributed by atoms with Gasteiger partial charge in [0.2, 0.25) is 16.0 Å². The van der Waals surface area contributed by atoms with E-state index in [0.29, 0.717) is 49.0 Å². The Morgan fingerprint density at radius 2 is 1.65 bits per heavy atom. The largest absolute Gasteiger partial charge is 0.369 e. The van der Waals surface area contributed by atoms with Crippen LogP contribution in [-0.2, 0) is 19.9 Å². The molecule has 3 N–H and O–H groups in total. The third-order valence-electron chi connectivity index (χ3n) is 5.85. The van der Waals surface area contributed by atoms with Crippen molar-refractivity contribution in [2.24, 2.45) is 0 Å². The number of benzene rings is 1. The second-order valence-electron chi connectivity index (χ2n) is 8.66. The molecular formula is C20H26N8O4S2. The molecular weight excluding hydrogens is 480 g/mol. The molecule has 3 heterocycles. The molecule has 3 aromatic rings. The van der Waals surface area contributed by atoms with Crippen molar-refractivity contribution in [3.63, 3.8) is 0 Å². The first-order valence-corrected chi connectivity index (χ1v) is 14.6. The van der Waals surface area contributed by atoms with Gasteiger partial charge in [0.25, 0.3) is 0 Å². The topological polar surface area (TPSA) is 153 Å². The Morgan fingerprint density at radius 3 is 2.24 bits per heavy atom. The minimum atomic E-state index is -3.55. The van der Waals surface area contributed by atoms with E-state index in [9.17, 15) is 16.8 Å². The van der Waals surface area contributed by atoms with Crippen LogP contribution < -0.4 is 15.5 Å². The first kappa shape index (κ1) is 22.8. The number of piperazine rings is 1. The maximum absolute atomic E-state index is 12.1. The highest BCUT2D eigenvalue weighted by Gasteiger charge is 2.27. The van der Waals surface area contributed by atoms with E-state index in [1.54, 1.807) is 0 Å². The van der Waals surface area contributed by atoms with Crippen molar-refractivity contribution in [2.45, 2.75) is 23.9 Å². The summed E-state index contributed by atoms with van der Waals surface area (Å²) in [6.07, 6.45) is 4.35. The summed E-state index contributed by atoms with van der Waals surface area (Å²) in [5.41, 5.74) is 2.09. The molecule has 0 atom stereocenters. The number of nitrogens with one attached hydrogen (secondary N) is 3. The number of hydrogen-bond donors (Lipinski definition) is 3. The normalized spacial score (nSPS) is 17.8. The minimum absolute atomic E-state index is 0.0717. The minimum Gasteiger partial charge on any atom is -0.369 e. The van der Waals surface area contributed by atoms with Crippen molar-refractivity contribution in [1.82, 2.24) is 24.5 Å². The molecule has 0 radical (unpaired) electrons. The van der Waals surface area contributed by atoms with Crippen LogP contribution in [0.15, 0.2) is 29.3 Å². The van der Waals surface area contributed by atoms with Gasteiger partial charge in [0.05, 0.1) is 6.26 Å². The lowest BCUT2D eigenvalue weighted by molar-refractivity contribution is 0.388. The fourth-order valence-corrected chi connectivity index (χ4v) is 5.52. The number of sulfone groups is 1. The van der Waals surface area contributed by atoms with Crippen LogP contribution in [0.5, 0.6) is 0 Å². The van der Waals surface area contributed by atoms with Gasteiger partial charge >= 0.3 is 0 Å². The average Bonchev–Trinajstić information content (AvgIpc) is 3.47. The van der Waals surface area contributed by atoms with Crippen LogP contribution in [0.25, 0.3) is 11.0 Å². The average molecular weight is 507 g/mol. The fourth-order valence-electron chi connectivity index (χ4n) is 3.92. The van der Waals surface area contributed by atoms with E-state index in [1.807, 2.05) is 24.3 Å². The van der Waals surface area contributed by atoms with Gasteiger partial charge in [0.1, 0.15) is 11.2 Å². The number of aromatic nitrogens is 4. The smallest absolute Gasteiger partial charge is 0.231 e. The Morgan fingerprint density at radius 1 is 0.971 bits per heavy atom. The summed E-state index contributed by atoms with van der Waals surface area (Å²) < 4.78 is 49.2. The Hall–Kier alpha value is -2.97. The SMILES string of the molecule is CS(=O)(=O)c1n[nH]c2nc(Nc3ccc(N4CCN(S(C)(=O)=O)CC4)cc3)nc(NC3CC3)c12. The molecule has 2 aliphatic rings. The zero-order valence-corrected chi connectivity index (χ0v) is 20.4. The van der Waals surface area contributed by atoms with Crippen molar-refractivity contribution >= 4 is 54.0 Å². The van der Waals surface area contributed by atoms with Crippen LogP contribution in [0, 0.1) is 0 Å². The second kappa shape index (κ2) is 8.36. The van der Waals surface area contributed by atoms with E-state index in [1.165, 1.54) is 10.6 Å². The van der Waals surface area contributed by atoms with Crippen molar-refractivity contribution in [3.8, 4) is 0 Å². The summed E-state index contributed by atoms with van der Waals surface area (Å²) in [6, 6.07) is 7.97. The zero-order valence-electron chi connectivity index (χ0n) is 18.8. The highest BCUT2D eigenvalue weighted by molar-refractivity contribution is 7.90. The monoisotopic (exact) mass is 506 g/mol. The van der Waals surface area contributed by atoms with E-state index < -0.39 is 19.9 Å². The van der Waals surface area contributed by atoms with Crippen molar-refractivity contribution < 1.29 is 16.8 Å². The van der Waals surface area contributed by atoms with E-state index in [4.69, 9.17) is 0 Å². The number of aromatic amines is 1. The molecule has 1 saturated heterocycles. The third kappa shape index (κ3) is 4.79. The van der Waals surface area contributed by atoms with Crippen LogP contribution in [0.4, 0.5) is 23.1 Å². The molecule has 1 aliphatic carbocycles. The van der Waals surface area contributed by atoms with Crippen molar-refractivity contribution in [3.05, 3.63) is 24.3 Å². The van der Waals surface area contributed by atoms with E-state index in [2.05, 4.69) is 35.7 Å². The number of fused-ring (bicyclic) bond motifs is 1. The fraction of sp³-hybridized carbons (Fsp3) is 0.450. The highest BCUT2D eigenvalue weighted by atomic mass is 32.2. The number of anilines is 4. The molecule has 1 aromatic carbocycles. The lowest BCUT2D eigenvalue weighted by Gasteiger charge is -2.34. The second-order valence-corrected chi connectivity index (χ2v) is 12.6. The quantitative estimate of drug-likeness (QED) is 0.425. The molecule has 1 aliphatic heterocycles. The van der Waals surface area contributed by atoms with Gasteiger partial charge in [-0.3, -0.25) is 5.10 Å². The summed E-state index contributed by atoms with van der Waals surface area (Å²) in [5.74, 6) is 0.749. The molecule has 2 aromatic heterocycles. The Balaban J connectivity index is 1.35.